The summed E-state index contributed by atoms with van der Waals surface area (Å²) >= 11 is 0. The molecule has 2 atom stereocenters. The maximum atomic E-state index is 12.8. The predicted octanol–water partition coefficient (Wildman–Crippen LogP) is 1.54. The molecule has 0 aromatic heterocycles. The average molecular weight is 212 g/mol. The summed E-state index contributed by atoms with van der Waals surface area (Å²) in [4.78, 5) is 13.0. The highest BCUT2D eigenvalue weighted by atomic mass is 19.1. The number of nitrogens with one attached hydrogen (secondary N) is 1. The van der Waals surface area contributed by atoms with E-state index in [-0.39, 0.29) is 12.1 Å². The Labute approximate surface area is 90.0 Å². The second-order valence-corrected chi connectivity index (χ2v) is 3.84. The fraction of sp³-hybridized carbons (Fsp3) is 0.727. The van der Waals surface area contributed by atoms with Gasteiger partial charge >= 0.3 is 6.03 Å². The molecule has 84 valence electrons. The molecule has 0 bridgehead atoms. The van der Waals surface area contributed by atoms with Crippen LogP contribution in [0.15, 0.2) is 0 Å². The van der Waals surface area contributed by atoms with Gasteiger partial charge in [0.15, 0.2) is 0 Å². The zero-order chi connectivity index (χ0) is 11.3. The summed E-state index contributed by atoms with van der Waals surface area (Å²) in [5.41, 5.74) is 0. The highest BCUT2D eigenvalue weighted by Crippen LogP contribution is 2.21. The van der Waals surface area contributed by atoms with Crippen molar-refractivity contribution in [1.29, 1.82) is 0 Å². The third-order valence-corrected chi connectivity index (χ3v) is 2.54. The fourth-order valence-electron chi connectivity index (χ4n) is 1.61. The molecule has 0 aromatic carbocycles. The second-order valence-electron chi connectivity index (χ2n) is 3.84. The molecule has 0 heterocycles. The summed E-state index contributed by atoms with van der Waals surface area (Å²) < 4.78 is 12.8. The van der Waals surface area contributed by atoms with Crippen LogP contribution in [0, 0.1) is 11.8 Å². The van der Waals surface area contributed by atoms with E-state index < -0.39 is 6.17 Å². The Morgan fingerprint density at radius 1 is 1.60 bits per heavy atom. The topological polar surface area (TPSA) is 32.3 Å². The van der Waals surface area contributed by atoms with Crippen LogP contribution in [0.3, 0.4) is 0 Å². The van der Waals surface area contributed by atoms with Gasteiger partial charge in [-0.15, -0.1) is 5.92 Å². The van der Waals surface area contributed by atoms with Gasteiger partial charge in [0, 0.05) is 13.1 Å². The number of halogens is 1. The van der Waals surface area contributed by atoms with E-state index in [1.54, 1.807) is 14.0 Å². The van der Waals surface area contributed by atoms with E-state index in [4.69, 9.17) is 0 Å². The van der Waals surface area contributed by atoms with Crippen LogP contribution in [-0.4, -0.2) is 36.7 Å². The zero-order valence-corrected chi connectivity index (χ0v) is 9.22. The SMILES string of the molecule is CC#CCN(C)C(=O)NC1CCC(F)C1. The number of alkyl halides is 1. The second kappa shape index (κ2) is 5.59. The van der Waals surface area contributed by atoms with Gasteiger partial charge in [0.05, 0.1) is 6.54 Å². The van der Waals surface area contributed by atoms with E-state index in [9.17, 15) is 9.18 Å². The van der Waals surface area contributed by atoms with Crippen molar-refractivity contribution in [2.45, 2.75) is 38.4 Å². The summed E-state index contributed by atoms with van der Waals surface area (Å²) in [7, 11) is 1.68. The lowest BCUT2D eigenvalue weighted by Gasteiger charge is -2.18. The maximum Gasteiger partial charge on any atom is 0.318 e. The van der Waals surface area contributed by atoms with Gasteiger partial charge in [0.1, 0.15) is 6.17 Å². The molecule has 4 heteroatoms. The minimum Gasteiger partial charge on any atom is -0.335 e. The highest BCUT2D eigenvalue weighted by Gasteiger charge is 2.25. The normalized spacial score (nSPS) is 24.2. The number of hydrogen-bond donors (Lipinski definition) is 1. The molecule has 0 aromatic rings. The number of carbonyl (C=O) groups is 1. The Morgan fingerprint density at radius 2 is 2.33 bits per heavy atom. The monoisotopic (exact) mass is 212 g/mol. The van der Waals surface area contributed by atoms with E-state index in [1.807, 2.05) is 0 Å². The van der Waals surface area contributed by atoms with Gasteiger partial charge in [0.25, 0.3) is 0 Å². The Kier molecular flexibility index (Phi) is 4.41. The van der Waals surface area contributed by atoms with Gasteiger partial charge in [0.2, 0.25) is 0 Å². The van der Waals surface area contributed by atoms with Gasteiger partial charge in [-0.25, -0.2) is 9.18 Å². The van der Waals surface area contributed by atoms with Crippen molar-refractivity contribution in [3.05, 3.63) is 0 Å². The molecule has 0 spiro atoms. The average Bonchev–Trinajstić information content (AvgIpc) is 2.60. The summed E-state index contributed by atoms with van der Waals surface area (Å²) in [5.74, 6) is 5.53. The molecule has 1 fully saturated rings. The van der Waals surface area contributed by atoms with Crippen LogP contribution in [0.1, 0.15) is 26.2 Å². The largest absolute Gasteiger partial charge is 0.335 e. The standard InChI is InChI=1S/C11H17FN2O/c1-3-4-7-14(2)11(15)13-10-6-5-9(12)8-10/h9-10H,5-8H2,1-2H3,(H,13,15). The van der Waals surface area contributed by atoms with Gasteiger partial charge in [-0.05, 0) is 26.2 Å². The molecule has 2 amide bonds. The molecule has 2 unspecified atom stereocenters. The van der Waals surface area contributed by atoms with E-state index in [1.165, 1.54) is 4.90 Å². The first kappa shape index (κ1) is 11.8. The number of amides is 2. The number of carbonyl (C=O) groups excluding carboxylic acids is 1. The third-order valence-electron chi connectivity index (χ3n) is 2.54. The lowest BCUT2D eigenvalue weighted by Crippen LogP contribution is -2.42. The number of hydrogen-bond acceptors (Lipinski definition) is 1. The number of urea groups is 1. The minimum absolute atomic E-state index is 0.00969. The Bertz CT molecular complexity index is 282. The Balaban J connectivity index is 2.30. The van der Waals surface area contributed by atoms with Gasteiger partial charge in [-0.3, -0.25) is 0 Å². The molecule has 0 radical (unpaired) electrons. The molecule has 15 heavy (non-hydrogen) atoms. The predicted molar refractivity (Wildman–Crippen MR) is 57.1 cm³/mol. The molecule has 3 nitrogen and oxygen atoms in total. The fourth-order valence-corrected chi connectivity index (χ4v) is 1.61. The first-order valence-electron chi connectivity index (χ1n) is 5.18. The van der Waals surface area contributed by atoms with E-state index in [0.29, 0.717) is 19.4 Å². The maximum absolute atomic E-state index is 12.8. The lowest BCUT2D eigenvalue weighted by molar-refractivity contribution is 0.209. The third kappa shape index (κ3) is 3.78. The van der Waals surface area contributed by atoms with Gasteiger partial charge in [-0.1, -0.05) is 5.92 Å². The van der Waals surface area contributed by atoms with Crippen LogP contribution >= 0.6 is 0 Å². The Morgan fingerprint density at radius 3 is 2.87 bits per heavy atom. The van der Waals surface area contributed by atoms with Crippen LogP contribution in [0.4, 0.5) is 9.18 Å². The molecule has 1 aliphatic rings. The van der Waals surface area contributed by atoms with Crippen molar-refractivity contribution in [3.63, 3.8) is 0 Å². The molecule has 0 saturated heterocycles. The molecular formula is C11H17FN2O. The van der Waals surface area contributed by atoms with Crippen molar-refractivity contribution in [2.24, 2.45) is 0 Å². The smallest absolute Gasteiger partial charge is 0.318 e. The number of nitrogens with zero attached hydrogens (tertiary/aromatic N) is 1. The molecule has 1 saturated carbocycles. The minimum atomic E-state index is -0.754. The zero-order valence-electron chi connectivity index (χ0n) is 9.22. The first-order valence-corrected chi connectivity index (χ1v) is 5.18. The molecule has 1 rings (SSSR count). The van der Waals surface area contributed by atoms with Gasteiger partial charge < -0.3 is 10.2 Å². The highest BCUT2D eigenvalue weighted by molar-refractivity contribution is 5.74. The summed E-state index contributed by atoms with van der Waals surface area (Å²) in [6.45, 7) is 2.14. The van der Waals surface area contributed by atoms with E-state index in [2.05, 4.69) is 17.2 Å². The molecule has 0 aliphatic heterocycles. The van der Waals surface area contributed by atoms with Crippen molar-refractivity contribution in [1.82, 2.24) is 10.2 Å². The Hall–Kier alpha value is -1.24. The van der Waals surface area contributed by atoms with Crippen LogP contribution in [0.2, 0.25) is 0 Å². The van der Waals surface area contributed by atoms with Crippen molar-refractivity contribution in [2.75, 3.05) is 13.6 Å². The van der Waals surface area contributed by atoms with Crippen molar-refractivity contribution < 1.29 is 9.18 Å². The van der Waals surface area contributed by atoms with Gasteiger partial charge in [-0.2, -0.15) is 0 Å². The van der Waals surface area contributed by atoms with Crippen LogP contribution in [-0.2, 0) is 0 Å². The van der Waals surface area contributed by atoms with Crippen LogP contribution < -0.4 is 5.32 Å². The van der Waals surface area contributed by atoms with E-state index >= 15 is 0 Å². The quantitative estimate of drug-likeness (QED) is 0.692. The van der Waals surface area contributed by atoms with Crippen molar-refractivity contribution >= 4 is 6.03 Å². The molecular weight excluding hydrogens is 195 g/mol. The first-order chi connectivity index (χ1) is 7.13. The number of rotatable bonds is 2. The summed E-state index contributed by atoms with van der Waals surface area (Å²) in [5, 5.41) is 2.80. The lowest BCUT2D eigenvalue weighted by atomic mass is 10.2. The van der Waals surface area contributed by atoms with Crippen molar-refractivity contribution in [3.8, 4) is 11.8 Å². The summed E-state index contributed by atoms with van der Waals surface area (Å²) in [6.07, 6.45) is 0.985. The summed E-state index contributed by atoms with van der Waals surface area (Å²) in [6, 6.07) is -0.179. The van der Waals surface area contributed by atoms with Crippen LogP contribution in [0.5, 0.6) is 0 Å². The molecule has 1 N–H and O–H groups in total. The molecule has 1 aliphatic carbocycles. The van der Waals surface area contributed by atoms with Crippen LogP contribution in [0.25, 0.3) is 0 Å². The van der Waals surface area contributed by atoms with E-state index in [0.717, 1.165) is 6.42 Å².